The second kappa shape index (κ2) is 10.0. The van der Waals surface area contributed by atoms with Crippen molar-refractivity contribution in [3.8, 4) is 0 Å². The zero-order valence-corrected chi connectivity index (χ0v) is 14.9. The Morgan fingerprint density at radius 1 is 1.00 bits per heavy atom. The molecular weight excluding hydrogens is 322 g/mol. The van der Waals surface area contributed by atoms with Gasteiger partial charge in [-0.2, -0.15) is 0 Å². The molecular formula is C20H26F2N2O. The number of benzene rings is 2. The molecule has 3 nitrogen and oxygen atoms in total. The van der Waals surface area contributed by atoms with Crippen molar-refractivity contribution >= 4 is 6.29 Å². The van der Waals surface area contributed by atoms with E-state index in [-0.39, 0.29) is 23.2 Å². The second-order valence-electron chi connectivity index (χ2n) is 6.41. The molecule has 1 unspecified atom stereocenters. The van der Waals surface area contributed by atoms with Gasteiger partial charge in [0.1, 0.15) is 17.9 Å². The average molecular weight is 348 g/mol. The first-order valence-corrected chi connectivity index (χ1v) is 8.16. The van der Waals surface area contributed by atoms with E-state index in [0.717, 1.165) is 24.0 Å². The first-order valence-electron chi connectivity index (χ1n) is 8.16. The minimum Gasteiger partial charge on any atom is -0.322 e. The topological polar surface area (TPSA) is 55.1 Å². The SMILES string of the molecule is CC(N)C=O.CNC(C)(Cc1ccc(F)cc1)Cc1ccc(F)cc1. The quantitative estimate of drug-likeness (QED) is 0.788. The van der Waals surface area contributed by atoms with Gasteiger partial charge in [-0.3, -0.25) is 0 Å². The highest BCUT2D eigenvalue weighted by Crippen LogP contribution is 2.19. The second-order valence-corrected chi connectivity index (χ2v) is 6.41. The highest BCUT2D eigenvalue weighted by molar-refractivity contribution is 5.55. The van der Waals surface area contributed by atoms with Gasteiger partial charge in [-0.25, -0.2) is 8.78 Å². The van der Waals surface area contributed by atoms with Gasteiger partial charge in [0, 0.05) is 5.54 Å². The number of aldehydes is 1. The summed E-state index contributed by atoms with van der Waals surface area (Å²) in [5.74, 6) is -0.447. The average Bonchev–Trinajstić information content (AvgIpc) is 2.59. The number of hydrogen-bond acceptors (Lipinski definition) is 3. The first-order chi connectivity index (χ1) is 11.8. The van der Waals surface area contributed by atoms with E-state index in [0.29, 0.717) is 6.29 Å². The van der Waals surface area contributed by atoms with Gasteiger partial charge in [0.15, 0.2) is 0 Å². The molecule has 25 heavy (non-hydrogen) atoms. The smallest absolute Gasteiger partial charge is 0.136 e. The fourth-order valence-electron chi connectivity index (χ4n) is 2.34. The van der Waals surface area contributed by atoms with Gasteiger partial charge in [0.2, 0.25) is 0 Å². The lowest BCUT2D eigenvalue weighted by Gasteiger charge is -2.30. The van der Waals surface area contributed by atoms with E-state index >= 15 is 0 Å². The van der Waals surface area contributed by atoms with Gasteiger partial charge in [0.25, 0.3) is 0 Å². The van der Waals surface area contributed by atoms with Crippen molar-refractivity contribution in [2.45, 2.75) is 38.3 Å². The minimum absolute atomic E-state index is 0.157. The molecule has 0 spiro atoms. The van der Waals surface area contributed by atoms with Crippen LogP contribution in [0.5, 0.6) is 0 Å². The number of carbonyl (C=O) groups excluding carboxylic acids is 1. The molecule has 0 heterocycles. The Morgan fingerprint density at radius 2 is 1.32 bits per heavy atom. The number of hydrogen-bond donors (Lipinski definition) is 2. The Balaban J connectivity index is 0.000000550. The highest BCUT2D eigenvalue weighted by Gasteiger charge is 2.23. The van der Waals surface area contributed by atoms with Gasteiger partial charge in [-0.1, -0.05) is 24.3 Å². The maximum Gasteiger partial charge on any atom is 0.136 e. The molecule has 3 N–H and O–H groups in total. The summed E-state index contributed by atoms with van der Waals surface area (Å²) in [7, 11) is 1.91. The molecule has 0 aliphatic rings. The Hall–Kier alpha value is -2.11. The lowest BCUT2D eigenvalue weighted by molar-refractivity contribution is -0.108. The van der Waals surface area contributed by atoms with Crippen molar-refractivity contribution < 1.29 is 13.6 Å². The molecule has 2 rings (SSSR count). The molecule has 0 fully saturated rings. The normalized spacial score (nSPS) is 12.1. The molecule has 0 amide bonds. The summed E-state index contributed by atoms with van der Waals surface area (Å²) in [4.78, 5) is 9.38. The summed E-state index contributed by atoms with van der Waals surface area (Å²) in [5, 5.41) is 3.32. The monoisotopic (exact) mass is 348 g/mol. The van der Waals surface area contributed by atoms with Crippen LogP contribution in [0.15, 0.2) is 48.5 Å². The molecule has 0 aliphatic heterocycles. The Labute approximate surface area is 148 Å². The van der Waals surface area contributed by atoms with Gasteiger partial charge < -0.3 is 15.8 Å². The standard InChI is InChI=1S/C17H19F2N.C3H7NO/c1-17(20-2,11-13-3-7-15(18)8-4-13)12-14-5-9-16(19)10-6-14;1-3(4)2-5/h3-10,20H,11-12H2,1-2H3;2-3H,4H2,1H3. The summed E-state index contributed by atoms with van der Waals surface area (Å²) in [6, 6.07) is 12.8. The predicted molar refractivity (Wildman–Crippen MR) is 97.4 cm³/mol. The molecule has 0 saturated carbocycles. The van der Waals surface area contributed by atoms with E-state index in [1.165, 1.54) is 24.3 Å². The third-order valence-corrected chi connectivity index (χ3v) is 3.83. The van der Waals surface area contributed by atoms with Gasteiger partial charge in [-0.15, -0.1) is 0 Å². The molecule has 0 bridgehead atoms. The maximum atomic E-state index is 12.9. The lowest BCUT2D eigenvalue weighted by atomic mass is 9.86. The van der Waals surface area contributed by atoms with Crippen LogP contribution >= 0.6 is 0 Å². The van der Waals surface area contributed by atoms with E-state index in [2.05, 4.69) is 12.2 Å². The number of halogens is 2. The largest absolute Gasteiger partial charge is 0.322 e. The molecule has 2 aromatic rings. The molecule has 0 radical (unpaired) electrons. The fraction of sp³-hybridized carbons (Fsp3) is 0.350. The Bertz CT molecular complexity index is 592. The molecule has 136 valence electrons. The molecule has 2 aromatic carbocycles. The first kappa shape index (κ1) is 20.9. The van der Waals surface area contributed by atoms with Crippen molar-refractivity contribution in [1.29, 1.82) is 0 Å². The van der Waals surface area contributed by atoms with Crippen molar-refractivity contribution in [3.63, 3.8) is 0 Å². The van der Waals surface area contributed by atoms with E-state index in [1.807, 2.05) is 7.05 Å². The predicted octanol–water partition coefficient (Wildman–Crippen LogP) is 3.26. The number of rotatable bonds is 6. The van der Waals surface area contributed by atoms with Crippen LogP contribution in [0.3, 0.4) is 0 Å². The maximum absolute atomic E-state index is 12.9. The van der Waals surface area contributed by atoms with E-state index in [9.17, 15) is 13.6 Å². The van der Waals surface area contributed by atoms with Crippen LogP contribution in [0.1, 0.15) is 25.0 Å². The summed E-state index contributed by atoms with van der Waals surface area (Å²) in [5.41, 5.74) is 6.92. The molecule has 1 atom stereocenters. The van der Waals surface area contributed by atoms with Crippen molar-refractivity contribution in [2.75, 3.05) is 7.05 Å². The molecule has 5 heteroatoms. The third-order valence-electron chi connectivity index (χ3n) is 3.83. The summed E-state index contributed by atoms with van der Waals surface area (Å²) in [6.45, 7) is 3.74. The summed E-state index contributed by atoms with van der Waals surface area (Å²) in [6.07, 6.45) is 2.25. The van der Waals surface area contributed by atoms with E-state index in [1.54, 1.807) is 31.2 Å². The zero-order chi connectivity index (χ0) is 18.9. The number of nitrogens with one attached hydrogen (secondary N) is 1. The molecule has 0 saturated heterocycles. The Kier molecular flexibility index (Phi) is 8.38. The Morgan fingerprint density at radius 3 is 1.56 bits per heavy atom. The van der Waals surface area contributed by atoms with Crippen LogP contribution in [-0.4, -0.2) is 24.9 Å². The van der Waals surface area contributed by atoms with Gasteiger partial charge in [0.05, 0.1) is 6.04 Å². The van der Waals surface area contributed by atoms with Gasteiger partial charge in [-0.05, 0) is 69.1 Å². The van der Waals surface area contributed by atoms with Crippen LogP contribution in [0.4, 0.5) is 8.78 Å². The lowest BCUT2D eigenvalue weighted by Crippen LogP contribution is -2.44. The van der Waals surface area contributed by atoms with Crippen LogP contribution in [0, 0.1) is 11.6 Å². The summed E-state index contributed by atoms with van der Waals surface area (Å²) >= 11 is 0. The third kappa shape index (κ3) is 8.01. The number of nitrogens with two attached hydrogens (primary N) is 1. The van der Waals surface area contributed by atoms with Crippen molar-refractivity contribution in [2.24, 2.45) is 5.73 Å². The highest BCUT2D eigenvalue weighted by atomic mass is 19.1. The summed E-state index contributed by atoms with van der Waals surface area (Å²) < 4.78 is 25.9. The van der Waals surface area contributed by atoms with Crippen LogP contribution < -0.4 is 11.1 Å². The van der Waals surface area contributed by atoms with Crippen molar-refractivity contribution in [3.05, 3.63) is 71.3 Å². The fourth-order valence-corrected chi connectivity index (χ4v) is 2.34. The number of likely N-dealkylation sites (N-methyl/N-ethyl adjacent to an activating group) is 1. The molecule has 0 aliphatic carbocycles. The number of carbonyl (C=O) groups is 1. The molecule has 0 aromatic heterocycles. The van der Waals surface area contributed by atoms with Crippen molar-refractivity contribution in [1.82, 2.24) is 5.32 Å². The minimum atomic E-state index is -0.296. The van der Waals surface area contributed by atoms with Crippen LogP contribution in [0.25, 0.3) is 0 Å². The zero-order valence-electron chi connectivity index (χ0n) is 14.9. The van der Waals surface area contributed by atoms with Crippen LogP contribution in [-0.2, 0) is 17.6 Å². The van der Waals surface area contributed by atoms with Crippen LogP contribution in [0.2, 0.25) is 0 Å². The van der Waals surface area contributed by atoms with E-state index < -0.39 is 0 Å². The van der Waals surface area contributed by atoms with Gasteiger partial charge >= 0.3 is 0 Å². The van der Waals surface area contributed by atoms with E-state index in [4.69, 9.17) is 5.73 Å².